The Labute approximate surface area is 369 Å². The Morgan fingerprint density at radius 1 is 0.607 bits per heavy atom. The normalized spacial score (nSPS) is 15.7. The topological polar surface area (TPSA) is 130 Å². The van der Waals surface area contributed by atoms with Gasteiger partial charge in [0, 0.05) is 48.1 Å². The van der Waals surface area contributed by atoms with Crippen molar-refractivity contribution in [2.24, 2.45) is 5.73 Å². The predicted molar refractivity (Wildman–Crippen MR) is 247 cm³/mol. The summed E-state index contributed by atoms with van der Waals surface area (Å²) in [6, 6.07) is 28.6. The highest BCUT2D eigenvalue weighted by molar-refractivity contribution is 6.35. The Bertz CT molecular complexity index is 2300. The van der Waals surface area contributed by atoms with Crippen LogP contribution in [0.15, 0.2) is 84.9 Å². The van der Waals surface area contributed by atoms with Gasteiger partial charge in [-0.3, -0.25) is 0 Å². The first-order chi connectivity index (χ1) is 29.9. The van der Waals surface area contributed by atoms with Crippen LogP contribution < -0.4 is 34.9 Å². The minimum atomic E-state index is 0.0941. The van der Waals surface area contributed by atoms with Gasteiger partial charge in [-0.15, -0.1) is 0 Å². The van der Waals surface area contributed by atoms with Gasteiger partial charge in [-0.1, -0.05) is 111 Å². The number of hydrogen-bond donors (Lipinski definition) is 2. The number of benzene rings is 4. The van der Waals surface area contributed by atoms with Gasteiger partial charge in [-0.25, -0.2) is 15.0 Å². The van der Waals surface area contributed by atoms with Crippen molar-refractivity contribution < 1.29 is 18.9 Å². The van der Waals surface area contributed by atoms with Crippen LogP contribution in [0.4, 0.5) is 11.8 Å². The second-order valence-corrected chi connectivity index (χ2v) is 16.5. The van der Waals surface area contributed by atoms with E-state index < -0.39 is 0 Å². The summed E-state index contributed by atoms with van der Waals surface area (Å²) in [6.45, 7) is 2.94. The molecular weight excluding hydrogens is 809 g/mol. The summed E-state index contributed by atoms with van der Waals surface area (Å²) in [5, 5.41) is 5.77. The summed E-state index contributed by atoms with van der Waals surface area (Å²) in [5.41, 5.74) is 9.31. The molecule has 0 radical (unpaired) electrons. The number of fused-ring (bicyclic) bond motifs is 2. The van der Waals surface area contributed by atoms with Crippen molar-refractivity contribution in [3.05, 3.63) is 106 Å². The maximum absolute atomic E-state index is 6.16. The van der Waals surface area contributed by atoms with Gasteiger partial charge in [0.1, 0.15) is 24.2 Å². The predicted octanol–water partition coefficient (Wildman–Crippen LogP) is 11.4. The third kappa shape index (κ3) is 12.3. The SMILES string of the molecule is COc1cc2c(Cl)nc(Cl)nc2cc1OCc1ccccc1.COc1cc2c(NC3CCCCC3)nc(N3CCCC3)nc2cc1OCc1ccccc1.NC1CCCCC1. The number of aromatic nitrogens is 4. The van der Waals surface area contributed by atoms with E-state index in [9.17, 15) is 0 Å². The Morgan fingerprint density at radius 3 is 1.66 bits per heavy atom. The Morgan fingerprint density at radius 2 is 1.13 bits per heavy atom. The lowest BCUT2D eigenvalue weighted by molar-refractivity contribution is 0.285. The van der Waals surface area contributed by atoms with Crippen LogP contribution in [0.1, 0.15) is 88.2 Å². The van der Waals surface area contributed by atoms with E-state index in [2.05, 4.69) is 32.3 Å². The number of nitrogens with two attached hydrogens (primary N) is 1. The first-order valence-electron chi connectivity index (χ1n) is 21.6. The van der Waals surface area contributed by atoms with Gasteiger partial charge in [0.05, 0.1) is 25.3 Å². The lowest BCUT2D eigenvalue weighted by atomic mass is 9.95. The van der Waals surface area contributed by atoms with Gasteiger partial charge in [0.25, 0.3) is 0 Å². The van der Waals surface area contributed by atoms with Crippen LogP contribution in [0.3, 0.4) is 0 Å². The molecule has 3 aliphatic rings. The molecule has 13 heteroatoms. The molecule has 4 aromatic carbocycles. The molecule has 2 aliphatic carbocycles. The van der Waals surface area contributed by atoms with Gasteiger partial charge >= 0.3 is 0 Å². The molecule has 3 heterocycles. The average molecular weight is 867 g/mol. The minimum Gasteiger partial charge on any atom is -0.493 e. The summed E-state index contributed by atoms with van der Waals surface area (Å²) in [7, 11) is 3.26. The number of ether oxygens (including phenoxy) is 4. The molecule has 9 rings (SSSR count). The van der Waals surface area contributed by atoms with Crippen molar-refractivity contribution in [2.75, 3.05) is 37.5 Å². The largest absolute Gasteiger partial charge is 0.493 e. The molecule has 61 heavy (non-hydrogen) atoms. The Balaban J connectivity index is 0.000000166. The fourth-order valence-corrected chi connectivity index (χ4v) is 8.41. The summed E-state index contributed by atoms with van der Waals surface area (Å²) >= 11 is 11.9. The number of halogens is 2. The summed E-state index contributed by atoms with van der Waals surface area (Å²) < 4.78 is 23.0. The van der Waals surface area contributed by atoms with Gasteiger partial charge in [-0.2, -0.15) is 4.98 Å². The van der Waals surface area contributed by atoms with Crippen LogP contribution >= 0.6 is 23.2 Å². The van der Waals surface area contributed by atoms with Crippen molar-refractivity contribution in [3.8, 4) is 23.0 Å². The van der Waals surface area contributed by atoms with Crippen molar-refractivity contribution in [2.45, 2.75) is 102 Å². The Hall–Kier alpha value is -5.10. The highest BCUT2D eigenvalue weighted by Crippen LogP contribution is 2.38. The molecule has 0 amide bonds. The number of nitrogens with one attached hydrogen (secondary N) is 1. The van der Waals surface area contributed by atoms with Gasteiger partial charge < -0.3 is 34.9 Å². The molecule has 1 aliphatic heterocycles. The summed E-state index contributed by atoms with van der Waals surface area (Å²) in [6.07, 6.45) is 15.3. The molecule has 322 valence electrons. The standard InChI is InChI=1S/C26H32N4O2.C16H12Cl2N2O2.C6H13N/c1-31-23-16-21-22(17-24(23)32-18-19-10-4-2-5-11-19)28-26(30-14-8-9-15-30)29-25(21)27-20-12-6-3-7-13-20;1-21-13-7-11-12(19-16(18)20-15(11)17)8-14(13)22-9-10-5-3-2-4-6-10;7-6-4-2-1-3-5-6/h2,4-5,10-11,16-17,20H,3,6-9,12-15,18H2,1H3,(H,27,28,29);2-8H,9H2,1H3;6H,1-5,7H2. The molecule has 6 aromatic rings. The maximum atomic E-state index is 6.16. The van der Waals surface area contributed by atoms with E-state index in [1.165, 1.54) is 77.0 Å². The van der Waals surface area contributed by atoms with E-state index >= 15 is 0 Å². The maximum Gasteiger partial charge on any atom is 0.227 e. The monoisotopic (exact) mass is 865 g/mol. The zero-order chi connectivity index (χ0) is 42.4. The second kappa shape index (κ2) is 22.1. The minimum absolute atomic E-state index is 0.0941. The lowest BCUT2D eigenvalue weighted by Crippen LogP contribution is -2.25. The van der Waals surface area contributed by atoms with Crippen molar-refractivity contribution in [1.29, 1.82) is 0 Å². The van der Waals surface area contributed by atoms with E-state index in [0.717, 1.165) is 46.9 Å². The first-order valence-corrected chi connectivity index (χ1v) is 22.3. The van der Waals surface area contributed by atoms with Gasteiger partial charge in [-0.05, 0) is 73.4 Å². The Kier molecular flexibility index (Phi) is 16.0. The van der Waals surface area contributed by atoms with Crippen molar-refractivity contribution >= 4 is 56.8 Å². The molecule has 3 fully saturated rings. The molecule has 2 aromatic heterocycles. The zero-order valence-electron chi connectivity index (χ0n) is 35.3. The second-order valence-electron chi connectivity index (χ2n) is 15.8. The molecule has 0 bridgehead atoms. The molecule has 1 saturated heterocycles. The fourth-order valence-electron chi connectivity index (χ4n) is 7.96. The summed E-state index contributed by atoms with van der Waals surface area (Å²) in [5.74, 6) is 4.28. The van der Waals surface area contributed by atoms with Crippen LogP contribution in [0.5, 0.6) is 23.0 Å². The quantitative estimate of drug-likeness (QED) is 0.0953. The lowest BCUT2D eigenvalue weighted by Gasteiger charge is -2.25. The van der Waals surface area contributed by atoms with E-state index in [-0.39, 0.29) is 10.4 Å². The third-order valence-electron chi connectivity index (χ3n) is 11.3. The molecular formula is C48H57Cl2N7O4. The molecule has 0 atom stereocenters. The number of hydrogen-bond acceptors (Lipinski definition) is 11. The molecule has 2 saturated carbocycles. The van der Waals surface area contributed by atoms with Gasteiger partial charge in [0.2, 0.25) is 11.2 Å². The van der Waals surface area contributed by atoms with Gasteiger partial charge in [0.15, 0.2) is 23.0 Å². The number of nitrogens with zero attached hydrogens (tertiary/aromatic N) is 5. The van der Waals surface area contributed by atoms with E-state index in [0.29, 0.717) is 59.2 Å². The van der Waals surface area contributed by atoms with Crippen molar-refractivity contribution in [1.82, 2.24) is 19.9 Å². The first kappa shape index (κ1) is 44.0. The van der Waals surface area contributed by atoms with Crippen LogP contribution in [-0.2, 0) is 13.2 Å². The number of anilines is 2. The van der Waals surface area contributed by atoms with Crippen molar-refractivity contribution in [3.63, 3.8) is 0 Å². The molecule has 0 spiro atoms. The smallest absolute Gasteiger partial charge is 0.227 e. The summed E-state index contributed by atoms with van der Waals surface area (Å²) in [4.78, 5) is 20.3. The number of methoxy groups -OCH3 is 2. The van der Waals surface area contributed by atoms with E-state index in [4.69, 9.17) is 57.9 Å². The number of rotatable bonds is 11. The van der Waals surface area contributed by atoms with E-state index in [1.54, 1.807) is 26.4 Å². The molecule has 3 N–H and O–H groups in total. The zero-order valence-corrected chi connectivity index (χ0v) is 36.8. The fraction of sp³-hybridized carbons (Fsp3) is 0.417. The van der Waals surface area contributed by atoms with Crippen LogP contribution in [0.2, 0.25) is 10.4 Å². The molecule has 11 nitrogen and oxygen atoms in total. The van der Waals surface area contributed by atoms with Crippen LogP contribution in [-0.4, -0.2) is 59.3 Å². The highest BCUT2D eigenvalue weighted by atomic mass is 35.5. The van der Waals surface area contributed by atoms with E-state index in [1.807, 2.05) is 60.7 Å². The van der Waals surface area contributed by atoms with Crippen LogP contribution in [0.25, 0.3) is 21.8 Å². The van der Waals surface area contributed by atoms with Crippen LogP contribution in [0, 0.1) is 0 Å². The third-order valence-corrected chi connectivity index (χ3v) is 11.8. The highest BCUT2D eigenvalue weighted by Gasteiger charge is 2.22. The average Bonchev–Trinajstić information content (AvgIpc) is 3.84. The molecule has 0 unspecified atom stereocenters.